The van der Waals surface area contributed by atoms with Crippen LogP contribution in [0.2, 0.25) is 0 Å². The topological polar surface area (TPSA) is 27.7 Å². The van der Waals surface area contributed by atoms with E-state index in [1.165, 1.54) is 17.7 Å². The van der Waals surface area contributed by atoms with Gasteiger partial charge in [0.2, 0.25) is 0 Å². The molecule has 0 atom stereocenters. The Bertz CT molecular complexity index is 922. The first kappa shape index (κ1) is 18.4. The van der Waals surface area contributed by atoms with Gasteiger partial charge in [0, 0.05) is 42.7 Å². The van der Waals surface area contributed by atoms with Crippen LogP contribution in [-0.2, 0) is 6.54 Å². The van der Waals surface area contributed by atoms with Gasteiger partial charge in [0.15, 0.2) is 0 Å². The summed E-state index contributed by atoms with van der Waals surface area (Å²) in [5.41, 5.74) is 8.53. The minimum Gasteiger partial charge on any atom is -0.406 e. The van der Waals surface area contributed by atoms with Crippen LogP contribution >= 0.6 is 0 Å². The Hall–Kier alpha value is -2.93. The number of hydrazine groups is 1. The number of nitrogens with zero attached hydrogens (tertiary/aromatic N) is 2. The minimum absolute atomic E-state index is 0.215. The normalized spacial score (nSPS) is 17.3. The summed E-state index contributed by atoms with van der Waals surface area (Å²) in [5.74, 6) is -0.215. The van der Waals surface area contributed by atoms with Crippen LogP contribution < -0.4 is 15.1 Å². The lowest BCUT2D eigenvalue weighted by Crippen LogP contribution is -2.29. The standard InChI is InChI=1S/C21H20F3N3O/c1-15-19-14-26(13-16-6-3-2-4-7-16)25-20(19)10-11-27(15)17-8-5-9-18(12-17)28-21(22,23)24/h2-10,12,25H,11,13-14H2,1H3. The first-order valence-electron chi connectivity index (χ1n) is 8.98. The number of ether oxygens (including phenoxy) is 1. The van der Waals surface area contributed by atoms with Gasteiger partial charge in [0.25, 0.3) is 0 Å². The fraction of sp³-hybridized carbons (Fsp3) is 0.238. The van der Waals surface area contributed by atoms with E-state index >= 15 is 0 Å². The van der Waals surface area contributed by atoms with Crippen LogP contribution in [0, 0.1) is 0 Å². The Balaban J connectivity index is 1.53. The van der Waals surface area contributed by atoms with Crippen molar-refractivity contribution in [1.82, 2.24) is 10.4 Å². The summed E-state index contributed by atoms with van der Waals surface area (Å²) in [6, 6.07) is 16.3. The smallest absolute Gasteiger partial charge is 0.406 e. The Morgan fingerprint density at radius 3 is 2.61 bits per heavy atom. The third kappa shape index (κ3) is 3.99. The van der Waals surface area contributed by atoms with Gasteiger partial charge in [-0.25, -0.2) is 5.01 Å². The maximum absolute atomic E-state index is 12.5. The third-order valence-corrected chi connectivity index (χ3v) is 4.85. The van der Waals surface area contributed by atoms with Gasteiger partial charge >= 0.3 is 6.36 Å². The predicted octanol–water partition coefficient (Wildman–Crippen LogP) is 4.58. The monoisotopic (exact) mass is 387 g/mol. The Kier molecular flexibility index (Phi) is 4.77. The van der Waals surface area contributed by atoms with Gasteiger partial charge in [-0.15, -0.1) is 13.2 Å². The number of hydrogen-bond donors (Lipinski definition) is 1. The fourth-order valence-corrected chi connectivity index (χ4v) is 3.56. The van der Waals surface area contributed by atoms with Crippen LogP contribution in [0.25, 0.3) is 0 Å². The zero-order chi connectivity index (χ0) is 19.7. The first-order valence-corrected chi connectivity index (χ1v) is 8.98. The second-order valence-corrected chi connectivity index (χ2v) is 6.79. The summed E-state index contributed by atoms with van der Waals surface area (Å²) in [4.78, 5) is 2.00. The van der Waals surface area contributed by atoms with Crippen molar-refractivity contribution in [3.8, 4) is 5.75 Å². The van der Waals surface area contributed by atoms with Crippen molar-refractivity contribution in [1.29, 1.82) is 0 Å². The maximum atomic E-state index is 12.5. The molecule has 1 fully saturated rings. The maximum Gasteiger partial charge on any atom is 0.573 e. The van der Waals surface area contributed by atoms with Gasteiger partial charge < -0.3 is 15.1 Å². The second kappa shape index (κ2) is 7.24. The number of halogens is 3. The lowest BCUT2D eigenvalue weighted by Gasteiger charge is -2.29. The first-order chi connectivity index (χ1) is 13.4. The summed E-state index contributed by atoms with van der Waals surface area (Å²) < 4.78 is 41.6. The quantitative estimate of drug-likeness (QED) is 0.831. The number of benzene rings is 2. The molecule has 2 heterocycles. The Morgan fingerprint density at radius 2 is 1.86 bits per heavy atom. The van der Waals surface area contributed by atoms with Crippen molar-refractivity contribution in [2.75, 3.05) is 18.0 Å². The number of anilines is 1. The Labute approximate surface area is 161 Å². The summed E-state index contributed by atoms with van der Waals surface area (Å²) in [7, 11) is 0. The molecule has 0 radical (unpaired) electrons. The molecule has 0 spiro atoms. The molecule has 0 unspecified atom stereocenters. The number of nitrogens with one attached hydrogen (secondary N) is 1. The average molecular weight is 387 g/mol. The number of fused-ring (bicyclic) bond motifs is 1. The van der Waals surface area contributed by atoms with Gasteiger partial charge in [-0.05, 0) is 30.7 Å². The molecular formula is C21H20F3N3O. The highest BCUT2D eigenvalue weighted by atomic mass is 19.4. The average Bonchev–Trinajstić information content (AvgIpc) is 3.05. The van der Waals surface area contributed by atoms with Gasteiger partial charge in [0.1, 0.15) is 5.75 Å². The molecule has 0 aliphatic carbocycles. The van der Waals surface area contributed by atoms with Gasteiger partial charge in [-0.3, -0.25) is 0 Å². The minimum atomic E-state index is -4.70. The van der Waals surface area contributed by atoms with E-state index in [1.54, 1.807) is 12.1 Å². The molecule has 146 valence electrons. The molecule has 4 rings (SSSR count). The summed E-state index contributed by atoms with van der Waals surface area (Å²) in [5, 5.41) is 2.13. The van der Waals surface area contributed by atoms with Crippen molar-refractivity contribution < 1.29 is 17.9 Å². The number of hydrogen-bond acceptors (Lipinski definition) is 4. The summed E-state index contributed by atoms with van der Waals surface area (Å²) >= 11 is 0. The molecule has 0 amide bonds. The second-order valence-electron chi connectivity index (χ2n) is 6.79. The predicted molar refractivity (Wildman–Crippen MR) is 101 cm³/mol. The number of alkyl halides is 3. The largest absolute Gasteiger partial charge is 0.573 e. The lowest BCUT2D eigenvalue weighted by molar-refractivity contribution is -0.274. The molecule has 2 aliphatic heterocycles. The van der Waals surface area contributed by atoms with E-state index in [0.717, 1.165) is 30.1 Å². The zero-order valence-electron chi connectivity index (χ0n) is 15.3. The molecule has 0 saturated carbocycles. The van der Waals surface area contributed by atoms with Gasteiger partial charge in [-0.2, -0.15) is 0 Å². The van der Waals surface area contributed by atoms with E-state index in [-0.39, 0.29) is 5.75 Å². The summed E-state index contributed by atoms with van der Waals surface area (Å²) in [6.45, 7) is 4.06. The van der Waals surface area contributed by atoms with Crippen LogP contribution in [0.5, 0.6) is 5.75 Å². The molecule has 2 aromatic carbocycles. The number of allylic oxidation sites excluding steroid dienone is 1. The van der Waals surface area contributed by atoms with E-state index < -0.39 is 6.36 Å². The zero-order valence-corrected chi connectivity index (χ0v) is 15.3. The highest BCUT2D eigenvalue weighted by Crippen LogP contribution is 2.33. The number of rotatable bonds is 4. The molecule has 1 saturated heterocycles. The van der Waals surface area contributed by atoms with Gasteiger partial charge in [-0.1, -0.05) is 36.4 Å². The Morgan fingerprint density at radius 1 is 1.07 bits per heavy atom. The summed E-state index contributed by atoms with van der Waals surface area (Å²) in [6.07, 6.45) is -2.64. The molecular weight excluding hydrogens is 367 g/mol. The van der Waals surface area contributed by atoms with E-state index in [1.807, 2.05) is 30.0 Å². The van der Waals surface area contributed by atoms with Crippen LogP contribution in [0.4, 0.5) is 18.9 Å². The van der Waals surface area contributed by atoms with Crippen LogP contribution in [0.3, 0.4) is 0 Å². The molecule has 0 bridgehead atoms. The lowest BCUT2D eigenvalue weighted by atomic mass is 10.1. The van der Waals surface area contributed by atoms with Crippen LogP contribution in [0.15, 0.2) is 77.6 Å². The van der Waals surface area contributed by atoms with E-state index in [2.05, 4.69) is 33.4 Å². The van der Waals surface area contributed by atoms with Crippen molar-refractivity contribution >= 4 is 5.69 Å². The molecule has 2 aliphatic rings. The molecule has 4 nitrogen and oxygen atoms in total. The van der Waals surface area contributed by atoms with Crippen LogP contribution in [-0.4, -0.2) is 24.5 Å². The highest BCUT2D eigenvalue weighted by molar-refractivity contribution is 5.60. The molecule has 2 aromatic rings. The van der Waals surface area contributed by atoms with Crippen molar-refractivity contribution in [2.24, 2.45) is 0 Å². The fourth-order valence-electron chi connectivity index (χ4n) is 3.56. The SMILES string of the molecule is CC1=C2CN(Cc3ccccc3)NC2=CCN1c1cccc(OC(F)(F)F)c1. The van der Waals surface area contributed by atoms with E-state index in [9.17, 15) is 13.2 Å². The van der Waals surface area contributed by atoms with Crippen molar-refractivity contribution in [3.63, 3.8) is 0 Å². The molecule has 1 N–H and O–H groups in total. The molecule has 28 heavy (non-hydrogen) atoms. The van der Waals surface area contributed by atoms with E-state index in [4.69, 9.17) is 0 Å². The van der Waals surface area contributed by atoms with E-state index in [0.29, 0.717) is 12.2 Å². The highest BCUT2D eigenvalue weighted by Gasteiger charge is 2.32. The molecule has 0 aromatic heterocycles. The van der Waals surface area contributed by atoms with Crippen LogP contribution in [0.1, 0.15) is 12.5 Å². The van der Waals surface area contributed by atoms with Gasteiger partial charge in [0.05, 0.1) is 5.70 Å². The molecule has 7 heteroatoms. The third-order valence-electron chi connectivity index (χ3n) is 4.85. The van der Waals surface area contributed by atoms with Crippen molar-refractivity contribution in [2.45, 2.75) is 19.8 Å². The van der Waals surface area contributed by atoms with Crippen molar-refractivity contribution in [3.05, 3.63) is 83.2 Å².